The summed E-state index contributed by atoms with van der Waals surface area (Å²) in [6, 6.07) is 19.9. The number of thioether (sulfide) groups is 1. The number of benzene rings is 3. The third kappa shape index (κ3) is 3.36. The number of carbonyl (C=O) groups excluding carboxylic acids is 2. The number of rotatable bonds is 4. The molecule has 0 saturated heterocycles. The molecule has 4 heterocycles. The molecule has 0 N–H and O–H groups in total. The highest BCUT2D eigenvalue weighted by molar-refractivity contribution is 8.00. The van der Waals surface area contributed by atoms with Crippen molar-refractivity contribution in [2.24, 2.45) is 0 Å². The predicted molar refractivity (Wildman–Crippen MR) is 156 cm³/mol. The van der Waals surface area contributed by atoms with Crippen LogP contribution in [0.2, 0.25) is 5.02 Å². The van der Waals surface area contributed by atoms with E-state index in [0.717, 1.165) is 11.1 Å². The summed E-state index contributed by atoms with van der Waals surface area (Å²) < 4.78 is 6.67. The van der Waals surface area contributed by atoms with Gasteiger partial charge in [-0.3, -0.25) is 19.3 Å². The third-order valence-electron chi connectivity index (χ3n) is 7.31. The van der Waals surface area contributed by atoms with E-state index in [9.17, 15) is 14.4 Å². The zero-order chi connectivity index (χ0) is 27.8. The number of fused-ring (bicyclic) bond motifs is 5. The fourth-order valence-corrected chi connectivity index (χ4v) is 7.67. The van der Waals surface area contributed by atoms with Crippen LogP contribution in [0.5, 0.6) is 0 Å². The molecule has 2 aliphatic rings. The average Bonchev–Trinajstić information content (AvgIpc) is 3.58. The molecule has 5 aromatic rings. The Morgan fingerprint density at radius 3 is 2.62 bits per heavy atom. The fraction of sp³-hybridized carbons (Fsp3) is 0.138. The van der Waals surface area contributed by atoms with Crippen molar-refractivity contribution >= 4 is 68.3 Å². The number of para-hydroxylation sites is 1. The molecule has 1 spiro atoms. The number of hydrogen-bond donors (Lipinski definition) is 0. The second-order valence-corrected chi connectivity index (χ2v) is 12.2. The summed E-state index contributed by atoms with van der Waals surface area (Å²) in [4.78, 5) is 45.3. The number of amides is 2. The third-order valence-corrected chi connectivity index (χ3v) is 9.77. The standard InChI is InChI=1S/C29H19ClN4O4S2/c1-15-11-12-21-17(13-15)23(35)22-24(38-21)25(36)34(29(22)18-8-4-6-10-20(18)33(2)26(29)37)27-31-32-28(40-27)39-14-16-7-3-5-9-19(16)30/h3-13H,14H2,1-2H3. The summed E-state index contributed by atoms with van der Waals surface area (Å²) in [6.07, 6.45) is 0. The Morgan fingerprint density at radius 1 is 1.02 bits per heavy atom. The first-order valence-electron chi connectivity index (χ1n) is 12.3. The maximum absolute atomic E-state index is 14.3. The number of nitrogens with zero attached hydrogens (tertiary/aromatic N) is 4. The van der Waals surface area contributed by atoms with E-state index in [4.69, 9.17) is 16.0 Å². The minimum atomic E-state index is -1.78. The topological polar surface area (TPSA) is 96.6 Å². The molecular weight excluding hydrogens is 568 g/mol. The number of anilines is 2. The molecule has 1 atom stereocenters. The number of aromatic nitrogens is 2. The second-order valence-electron chi connectivity index (χ2n) is 9.60. The smallest absolute Gasteiger partial charge is 0.297 e. The first kappa shape index (κ1) is 25.0. The minimum absolute atomic E-state index is 0.00197. The van der Waals surface area contributed by atoms with Gasteiger partial charge in [0, 0.05) is 29.1 Å². The zero-order valence-corrected chi connectivity index (χ0v) is 23.6. The van der Waals surface area contributed by atoms with Gasteiger partial charge >= 0.3 is 0 Å². The molecule has 0 fully saturated rings. The summed E-state index contributed by atoms with van der Waals surface area (Å²) >= 11 is 8.91. The van der Waals surface area contributed by atoms with Gasteiger partial charge in [0.05, 0.1) is 10.9 Å². The molecule has 3 aromatic carbocycles. The van der Waals surface area contributed by atoms with Crippen LogP contribution in [0.25, 0.3) is 11.0 Å². The van der Waals surface area contributed by atoms with Crippen molar-refractivity contribution in [1.82, 2.24) is 10.2 Å². The van der Waals surface area contributed by atoms with E-state index in [1.165, 1.54) is 32.9 Å². The minimum Gasteiger partial charge on any atom is -0.450 e. The Balaban J connectivity index is 1.43. The first-order chi connectivity index (χ1) is 19.3. The Bertz CT molecular complexity index is 1950. The van der Waals surface area contributed by atoms with Crippen LogP contribution in [-0.4, -0.2) is 29.1 Å². The summed E-state index contributed by atoms with van der Waals surface area (Å²) in [6.45, 7) is 1.87. The molecule has 40 heavy (non-hydrogen) atoms. The number of likely N-dealkylation sites (N-methyl/N-ethyl adjacent to an activating group) is 1. The van der Waals surface area contributed by atoms with Gasteiger partial charge in [-0.25, -0.2) is 0 Å². The number of hydrogen-bond acceptors (Lipinski definition) is 8. The first-order valence-corrected chi connectivity index (χ1v) is 14.5. The van der Waals surface area contributed by atoms with Crippen molar-refractivity contribution in [2.45, 2.75) is 22.6 Å². The molecule has 2 aromatic heterocycles. The molecule has 2 aliphatic heterocycles. The van der Waals surface area contributed by atoms with Gasteiger partial charge in [-0.1, -0.05) is 82.7 Å². The van der Waals surface area contributed by atoms with Gasteiger partial charge in [-0.2, -0.15) is 0 Å². The van der Waals surface area contributed by atoms with Crippen molar-refractivity contribution in [3.05, 3.63) is 110 Å². The Kier molecular flexibility index (Phi) is 5.64. The van der Waals surface area contributed by atoms with E-state index in [2.05, 4.69) is 10.2 Å². The molecule has 0 aliphatic carbocycles. The van der Waals surface area contributed by atoms with Gasteiger partial charge in [0.1, 0.15) is 5.58 Å². The number of halogens is 1. The zero-order valence-electron chi connectivity index (χ0n) is 21.2. The highest BCUT2D eigenvalue weighted by Gasteiger charge is 2.66. The van der Waals surface area contributed by atoms with Crippen molar-refractivity contribution in [3.63, 3.8) is 0 Å². The molecule has 8 nitrogen and oxygen atoms in total. The molecule has 0 bridgehead atoms. The van der Waals surface area contributed by atoms with Crippen LogP contribution in [0.4, 0.5) is 10.8 Å². The van der Waals surface area contributed by atoms with Gasteiger partial charge in [0.2, 0.25) is 10.9 Å². The van der Waals surface area contributed by atoms with Crippen LogP contribution in [0.15, 0.2) is 80.3 Å². The van der Waals surface area contributed by atoms with Crippen LogP contribution >= 0.6 is 34.7 Å². The summed E-state index contributed by atoms with van der Waals surface area (Å²) in [5.41, 5.74) is 0.972. The van der Waals surface area contributed by atoms with Crippen molar-refractivity contribution < 1.29 is 14.0 Å². The van der Waals surface area contributed by atoms with E-state index in [1.807, 2.05) is 43.3 Å². The number of carbonyl (C=O) groups is 2. The van der Waals surface area contributed by atoms with Crippen LogP contribution in [-0.2, 0) is 16.1 Å². The number of aryl methyl sites for hydroxylation is 1. The molecule has 0 saturated carbocycles. The fourth-order valence-electron chi connectivity index (χ4n) is 5.49. The monoisotopic (exact) mass is 586 g/mol. The van der Waals surface area contributed by atoms with Crippen LogP contribution in [0, 0.1) is 6.92 Å². The molecule has 7 rings (SSSR count). The lowest BCUT2D eigenvalue weighted by atomic mass is 9.84. The van der Waals surface area contributed by atoms with E-state index >= 15 is 0 Å². The highest BCUT2D eigenvalue weighted by Crippen LogP contribution is 2.54. The molecule has 2 amide bonds. The van der Waals surface area contributed by atoms with Gasteiger partial charge in [0.15, 0.2) is 15.3 Å². The van der Waals surface area contributed by atoms with E-state index in [-0.39, 0.29) is 22.0 Å². The molecular formula is C29H19ClN4O4S2. The highest BCUT2D eigenvalue weighted by atomic mass is 35.5. The molecule has 11 heteroatoms. The normalized spacial score (nSPS) is 17.8. The molecule has 0 radical (unpaired) electrons. The van der Waals surface area contributed by atoms with E-state index < -0.39 is 22.8 Å². The second kappa shape index (κ2) is 9.02. The SMILES string of the molecule is Cc1ccc2oc3c(c(=O)c2c1)C1(C(=O)N(C)c2ccccc21)N(c1nnc(SCc2ccccc2Cl)s1)C3=O. The van der Waals surface area contributed by atoms with Gasteiger partial charge < -0.3 is 9.32 Å². The molecule has 1 unspecified atom stereocenters. The maximum Gasteiger partial charge on any atom is 0.297 e. The quantitative estimate of drug-likeness (QED) is 0.194. The Morgan fingerprint density at radius 2 is 1.80 bits per heavy atom. The summed E-state index contributed by atoms with van der Waals surface area (Å²) in [5.74, 6) is -0.684. The van der Waals surface area contributed by atoms with Crippen LogP contribution in [0.3, 0.4) is 0 Å². The lowest BCUT2D eigenvalue weighted by Gasteiger charge is -2.31. The Labute approximate surface area is 241 Å². The summed E-state index contributed by atoms with van der Waals surface area (Å²) in [5, 5.41) is 9.79. The lowest BCUT2D eigenvalue weighted by Crippen LogP contribution is -2.53. The predicted octanol–water partition coefficient (Wildman–Crippen LogP) is 5.78. The van der Waals surface area contributed by atoms with Crippen LogP contribution < -0.4 is 15.2 Å². The molecule has 198 valence electrons. The lowest BCUT2D eigenvalue weighted by molar-refractivity contribution is -0.121. The van der Waals surface area contributed by atoms with Crippen molar-refractivity contribution in [1.29, 1.82) is 0 Å². The van der Waals surface area contributed by atoms with E-state index in [1.54, 1.807) is 37.4 Å². The van der Waals surface area contributed by atoms with E-state index in [0.29, 0.717) is 31.8 Å². The maximum atomic E-state index is 14.3. The summed E-state index contributed by atoms with van der Waals surface area (Å²) in [7, 11) is 1.63. The van der Waals surface area contributed by atoms with Gasteiger partial charge in [-0.15, -0.1) is 10.2 Å². The van der Waals surface area contributed by atoms with Gasteiger partial charge in [0.25, 0.3) is 11.8 Å². The van der Waals surface area contributed by atoms with Crippen molar-refractivity contribution in [3.8, 4) is 0 Å². The largest absolute Gasteiger partial charge is 0.450 e. The van der Waals surface area contributed by atoms with Crippen molar-refractivity contribution in [2.75, 3.05) is 16.8 Å². The Hall–Kier alpha value is -3.99. The average molecular weight is 587 g/mol. The van der Waals surface area contributed by atoms with Crippen LogP contribution in [0.1, 0.15) is 32.8 Å². The van der Waals surface area contributed by atoms with Gasteiger partial charge in [-0.05, 0) is 36.8 Å².